The SMILES string of the molecule is COc1cc(CN=C2C(=C3Cc4ccccc4N3)C(=O)C(C)(C)N2c2cc(OC)cc(OC)c2)cc(OC)c1. The van der Waals surface area contributed by atoms with Crippen molar-refractivity contribution in [2.24, 2.45) is 4.99 Å². The fourth-order valence-corrected chi connectivity index (χ4v) is 5.14. The van der Waals surface area contributed by atoms with E-state index in [0.717, 1.165) is 28.2 Å². The largest absolute Gasteiger partial charge is 0.497 e. The first-order valence-electron chi connectivity index (χ1n) is 12.7. The fraction of sp³-hybridized carbons (Fsp3) is 0.290. The summed E-state index contributed by atoms with van der Waals surface area (Å²) in [6.07, 6.45) is 0.620. The Labute approximate surface area is 228 Å². The molecule has 3 aromatic rings. The van der Waals surface area contributed by atoms with Crippen LogP contribution in [0.25, 0.3) is 0 Å². The van der Waals surface area contributed by atoms with Gasteiger partial charge in [0.05, 0.1) is 46.2 Å². The van der Waals surface area contributed by atoms with Crippen LogP contribution in [0.1, 0.15) is 25.0 Å². The smallest absolute Gasteiger partial charge is 0.193 e. The lowest BCUT2D eigenvalue weighted by Crippen LogP contribution is -2.44. The first-order chi connectivity index (χ1) is 18.8. The van der Waals surface area contributed by atoms with E-state index >= 15 is 0 Å². The van der Waals surface area contributed by atoms with Gasteiger partial charge in [-0.05, 0) is 43.2 Å². The Bertz CT molecular complexity index is 1420. The number of aliphatic imine (C=N–C) groups is 1. The maximum absolute atomic E-state index is 14.2. The highest BCUT2D eigenvalue weighted by Gasteiger charge is 2.50. The molecule has 0 atom stereocenters. The quantitative estimate of drug-likeness (QED) is 0.412. The number of para-hydroxylation sites is 1. The van der Waals surface area contributed by atoms with Crippen LogP contribution in [-0.2, 0) is 17.8 Å². The summed E-state index contributed by atoms with van der Waals surface area (Å²) in [6.45, 7) is 4.15. The minimum absolute atomic E-state index is 0.0124. The molecule has 0 aliphatic carbocycles. The molecular weight excluding hydrogens is 494 g/mol. The van der Waals surface area contributed by atoms with Gasteiger partial charge in [-0.1, -0.05) is 18.2 Å². The second-order valence-electron chi connectivity index (χ2n) is 9.97. The van der Waals surface area contributed by atoms with Gasteiger partial charge in [0, 0.05) is 42.1 Å². The van der Waals surface area contributed by atoms with E-state index in [0.29, 0.717) is 47.4 Å². The Hall–Kier alpha value is -4.46. The zero-order valence-electron chi connectivity index (χ0n) is 23.1. The number of carbonyl (C=O) groups is 1. The number of nitrogens with one attached hydrogen (secondary N) is 1. The predicted molar refractivity (Wildman–Crippen MR) is 153 cm³/mol. The van der Waals surface area contributed by atoms with E-state index in [1.165, 1.54) is 0 Å². The van der Waals surface area contributed by atoms with Crippen molar-refractivity contribution in [3.8, 4) is 23.0 Å². The Kier molecular flexibility index (Phi) is 6.95. The number of hydrogen-bond acceptors (Lipinski definition) is 7. The number of allylic oxidation sites excluding steroid dienone is 1. The number of carbonyl (C=O) groups excluding carboxylic acids is 1. The molecule has 8 heteroatoms. The number of Topliss-reactive ketones (excluding diaryl/α,β-unsaturated/α-hetero) is 1. The summed E-state index contributed by atoms with van der Waals surface area (Å²) in [6, 6.07) is 19.4. The maximum atomic E-state index is 14.2. The average molecular weight is 528 g/mol. The third kappa shape index (κ3) is 4.78. The topological polar surface area (TPSA) is 81.6 Å². The van der Waals surface area contributed by atoms with Crippen molar-refractivity contribution in [2.45, 2.75) is 32.4 Å². The van der Waals surface area contributed by atoms with Gasteiger partial charge in [0.1, 0.15) is 34.4 Å². The summed E-state index contributed by atoms with van der Waals surface area (Å²) in [5, 5.41) is 3.49. The number of fused-ring (bicyclic) bond motifs is 1. The van der Waals surface area contributed by atoms with Gasteiger partial charge in [-0.25, -0.2) is 0 Å². The van der Waals surface area contributed by atoms with Crippen molar-refractivity contribution in [2.75, 3.05) is 38.7 Å². The van der Waals surface area contributed by atoms with Gasteiger partial charge in [0.15, 0.2) is 5.78 Å². The Morgan fingerprint density at radius 2 is 1.41 bits per heavy atom. The van der Waals surface area contributed by atoms with Crippen LogP contribution in [0.3, 0.4) is 0 Å². The Morgan fingerprint density at radius 3 is 1.97 bits per heavy atom. The Morgan fingerprint density at radius 1 is 0.846 bits per heavy atom. The zero-order valence-corrected chi connectivity index (χ0v) is 23.1. The molecule has 0 unspecified atom stereocenters. The number of benzene rings is 3. The van der Waals surface area contributed by atoms with Crippen molar-refractivity contribution >= 4 is 23.0 Å². The Balaban J connectivity index is 1.68. The van der Waals surface area contributed by atoms with Crippen molar-refractivity contribution < 1.29 is 23.7 Å². The van der Waals surface area contributed by atoms with E-state index in [4.69, 9.17) is 23.9 Å². The van der Waals surface area contributed by atoms with Gasteiger partial charge >= 0.3 is 0 Å². The highest BCUT2D eigenvalue weighted by Crippen LogP contribution is 2.42. The lowest BCUT2D eigenvalue weighted by molar-refractivity contribution is -0.118. The molecule has 2 heterocycles. The minimum Gasteiger partial charge on any atom is -0.497 e. The van der Waals surface area contributed by atoms with Crippen LogP contribution in [0.5, 0.6) is 23.0 Å². The van der Waals surface area contributed by atoms with E-state index in [9.17, 15) is 4.79 Å². The number of ether oxygens (including phenoxy) is 4. The van der Waals surface area contributed by atoms with Crippen molar-refractivity contribution in [1.82, 2.24) is 0 Å². The van der Waals surface area contributed by atoms with Crippen LogP contribution in [-0.4, -0.2) is 45.6 Å². The average Bonchev–Trinajstić information content (AvgIpc) is 3.46. The predicted octanol–water partition coefficient (Wildman–Crippen LogP) is 5.41. The summed E-state index contributed by atoms with van der Waals surface area (Å²) >= 11 is 0. The number of rotatable bonds is 7. The standard InChI is InChI=1S/C31H33N3O5/c1-31(2)29(35)28(27-13-20-9-7-8-10-26(20)33-27)30(32-18-19-11-22(36-3)16-23(12-19)37-4)34(31)21-14-24(38-5)17-25(15-21)39-6/h7-12,14-17,33H,13,18H2,1-6H3. The maximum Gasteiger partial charge on any atom is 0.193 e. The van der Waals surface area contributed by atoms with Gasteiger partial charge in [0.2, 0.25) is 0 Å². The number of amidine groups is 1. The second-order valence-corrected chi connectivity index (χ2v) is 9.97. The van der Waals surface area contributed by atoms with Gasteiger partial charge in [-0.3, -0.25) is 9.79 Å². The van der Waals surface area contributed by atoms with E-state index in [1.807, 2.05) is 73.3 Å². The van der Waals surface area contributed by atoms with Crippen LogP contribution in [0.2, 0.25) is 0 Å². The van der Waals surface area contributed by atoms with Crippen molar-refractivity contribution in [3.05, 3.63) is 83.1 Å². The molecule has 2 aliphatic heterocycles. The fourth-order valence-electron chi connectivity index (χ4n) is 5.14. The van der Waals surface area contributed by atoms with Crippen LogP contribution < -0.4 is 29.2 Å². The van der Waals surface area contributed by atoms with Crippen LogP contribution in [0, 0.1) is 0 Å². The summed E-state index contributed by atoms with van der Waals surface area (Å²) in [4.78, 5) is 21.2. The molecule has 1 saturated heterocycles. The normalized spacial score (nSPS) is 18.7. The molecule has 5 rings (SSSR count). The third-order valence-electron chi connectivity index (χ3n) is 7.17. The van der Waals surface area contributed by atoms with E-state index < -0.39 is 5.54 Å². The molecule has 3 aromatic carbocycles. The monoisotopic (exact) mass is 527 g/mol. The van der Waals surface area contributed by atoms with Crippen LogP contribution >= 0.6 is 0 Å². The van der Waals surface area contributed by atoms with Gasteiger partial charge in [-0.15, -0.1) is 0 Å². The summed E-state index contributed by atoms with van der Waals surface area (Å²) in [5.74, 6) is 3.16. The highest BCUT2D eigenvalue weighted by molar-refractivity contribution is 6.37. The number of anilines is 2. The molecule has 0 bridgehead atoms. The molecule has 0 aromatic heterocycles. The first kappa shape index (κ1) is 26.2. The highest BCUT2D eigenvalue weighted by atomic mass is 16.5. The van der Waals surface area contributed by atoms with Gasteiger partial charge < -0.3 is 29.2 Å². The molecule has 0 radical (unpaired) electrons. The number of nitrogens with zero attached hydrogens (tertiary/aromatic N) is 2. The molecule has 0 amide bonds. The van der Waals surface area contributed by atoms with Crippen molar-refractivity contribution in [1.29, 1.82) is 0 Å². The molecule has 0 spiro atoms. The molecule has 39 heavy (non-hydrogen) atoms. The molecule has 0 saturated carbocycles. The summed E-state index contributed by atoms with van der Waals surface area (Å²) in [5.41, 5.74) is 4.29. The van der Waals surface area contributed by atoms with E-state index in [2.05, 4.69) is 11.4 Å². The molecule has 1 N–H and O–H groups in total. The number of ketones is 1. The van der Waals surface area contributed by atoms with E-state index in [-0.39, 0.29) is 5.78 Å². The second kappa shape index (κ2) is 10.4. The van der Waals surface area contributed by atoms with Crippen LogP contribution in [0.15, 0.2) is 76.9 Å². The molecule has 202 valence electrons. The summed E-state index contributed by atoms with van der Waals surface area (Å²) in [7, 11) is 6.45. The molecular formula is C31H33N3O5. The minimum atomic E-state index is -0.916. The molecule has 8 nitrogen and oxygen atoms in total. The molecule has 2 aliphatic rings. The van der Waals surface area contributed by atoms with E-state index in [1.54, 1.807) is 28.4 Å². The first-order valence-corrected chi connectivity index (χ1v) is 12.7. The third-order valence-corrected chi connectivity index (χ3v) is 7.17. The lowest BCUT2D eigenvalue weighted by Gasteiger charge is -2.32. The van der Waals surface area contributed by atoms with Crippen molar-refractivity contribution in [3.63, 3.8) is 0 Å². The van der Waals surface area contributed by atoms with Gasteiger partial charge in [-0.2, -0.15) is 0 Å². The lowest BCUT2D eigenvalue weighted by atomic mass is 9.96. The number of methoxy groups -OCH3 is 4. The summed E-state index contributed by atoms with van der Waals surface area (Å²) < 4.78 is 22.0. The van der Waals surface area contributed by atoms with Gasteiger partial charge in [0.25, 0.3) is 0 Å². The van der Waals surface area contributed by atoms with Crippen LogP contribution in [0.4, 0.5) is 11.4 Å². The molecule has 1 fully saturated rings. The number of hydrogen-bond donors (Lipinski definition) is 1. The zero-order chi connectivity index (χ0) is 27.7.